The van der Waals surface area contributed by atoms with E-state index in [1.54, 1.807) is 0 Å². The van der Waals surface area contributed by atoms with Crippen molar-refractivity contribution in [1.29, 1.82) is 0 Å². The lowest BCUT2D eigenvalue weighted by Crippen LogP contribution is -2.43. The summed E-state index contributed by atoms with van der Waals surface area (Å²) in [6.07, 6.45) is 1.95. The van der Waals surface area contributed by atoms with Gasteiger partial charge in [-0.25, -0.2) is 0 Å². The molecule has 2 nitrogen and oxygen atoms in total. The van der Waals surface area contributed by atoms with Gasteiger partial charge in [0.2, 0.25) is 0 Å². The van der Waals surface area contributed by atoms with Crippen LogP contribution in [-0.4, -0.2) is 36.8 Å². The molecule has 2 rings (SSSR count). The third-order valence-corrected chi connectivity index (χ3v) is 4.02. The molecule has 1 aliphatic rings. The zero-order chi connectivity index (χ0) is 11.6. The first kappa shape index (κ1) is 11.9. The van der Waals surface area contributed by atoms with Crippen LogP contribution < -0.4 is 0 Å². The number of benzene rings is 1. The van der Waals surface area contributed by atoms with E-state index in [4.69, 9.17) is 11.6 Å². The predicted octanol–water partition coefficient (Wildman–Crippen LogP) is 2.30. The predicted molar refractivity (Wildman–Crippen MR) is 66.9 cm³/mol. The summed E-state index contributed by atoms with van der Waals surface area (Å²) in [6, 6.07) is 7.89. The van der Waals surface area contributed by atoms with Crippen LogP contribution in [0.3, 0.4) is 0 Å². The van der Waals surface area contributed by atoms with Gasteiger partial charge in [0.25, 0.3) is 0 Å². The fourth-order valence-corrected chi connectivity index (χ4v) is 2.79. The number of aliphatic hydroxyl groups is 1. The molecule has 1 heterocycles. The minimum atomic E-state index is -0.134. The summed E-state index contributed by atoms with van der Waals surface area (Å²) < 4.78 is 0. The van der Waals surface area contributed by atoms with Crippen molar-refractivity contribution in [1.82, 2.24) is 4.90 Å². The topological polar surface area (TPSA) is 23.5 Å². The van der Waals surface area contributed by atoms with Gasteiger partial charge >= 0.3 is 0 Å². The smallest absolute Gasteiger partial charge is 0.0529 e. The Morgan fingerprint density at radius 3 is 2.50 bits per heavy atom. The van der Waals surface area contributed by atoms with Gasteiger partial charge in [0, 0.05) is 10.4 Å². The summed E-state index contributed by atoms with van der Waals surface area (Å²) in [5.41, 5.74) is 0.970. The second-order valence-electron chi connectivity index (χ2n) is 4.72. The number of halogens is 1. The minimum absolute atomic E-state index is 0.134. The lowest BCUT2D eigenvalue weighted by atomic mass is 9.73. The quantitative estimate of drug-likeness (QED) is 0.856. The maximum absolute atomic E-state index is 9.73. The molecule has 3 heteroatoms. The zero-order valence-corrected chi connectivity index (χ0v) is 10.4. The van der Waals surface area contributed by atoms with E-state index in [0.29, 0.717) is 0 Å². The maximum Gasteiger partial charge on any atom is 0.0529 e. The second-order valence-corrected chi connectivity index (χ2v) is 5.13. The lowest BCUT2D eigenvalue weighted by Gasteiger charge is -2.40. The summed E-state index contributed by atoms with van der Waals surface area (Å²) in [7, 11) is 2.12. The number of hydrogen-bond acceptors (Lipinski definition) is 2. The van der Waals surface area contributed by atoms with Crippen molar-refractivity contribution in [2.75, 3.05) is 26.7 Å². The van der Waals surface area contributed by atoms with Crippen molar-refractivity contribution < 1.29 is 5.11 Å². The Morgan fingerprint density at radius 1 is 1.31 bits per heavy atom. The highest BCUT2D eigenvalue weighted by molar-refractivity contribution is 6.31. The number of likely N-dealkylation sites (tertiary alicyclic amines) is 1. The molecule has 16 heavy (non-hydrogen) atoms. The highest BCUT2D eigenvalue weighted by Gasteiger charge is 2.36. The minimum Gasteiger partial charge on any atom is -0.395 e. The summed E-state index contributed by atoms with van der Waals surface area (Å²) >= 11 is 6.24. The van der Waals surface area contributed by atoms with Gasteiger partial charge in [-0.2, -0.15) is 0 Å². The Labute approximate surface area is 102 Å². The van der Waals surface area contributed by atoms with Crippen LogP contribution in [0.15, 0.2) is 24.3 Å². The summed E-state index contributed by atoms with van der Waals surface area (Å²) in [5.74, 6) is 0. The molecule has 1 aromatic rings. The van der Waals surface area contributed by atoms with Crippen molar-refractivity contribution in [3.8, 4) is 0 Å². The third-order valence-electron chi connectivity index (χ3n) is 3.69. The van der Waals surface area contributed by atoms with Crippen LogP contribution in [0.1, 0.15) is 18.4 Å². The average molecular weight is 240 g/mol. The molecule has 0 aliphatic carbocycles. The van der Waals surface area contributed by atoms with Crippen LogP contribution in [0.4, 0.5) is 0 Å². The molecule has 0 saturated carbocycles. The second kappa shape index (κ2) is 4.74. The fraction of sp³-hybridized carbons (Fsp3) is 0.538. The summed E-state index contributed by atoms with van der Waals surface area (Å²) in [6.45, 7) is 2.22. The van der Waals surface area contributed by atoms with E-state index in [9.17, 15) is 5.11 Å². The molecule has 88 valence electrons. The Bertz CT molecular complexity index is 359. The first-order valence-corrected chi connectivity index (χ1v) is 6.10. The molecule has 0 amide bonds. The molecule has 0 aromatic heterocycles. The van der Waals surface area contributed by atoms with Crippen molar-refractivity contribution in [3.05, 3.63) is 34.9 Å². The van der Waals surface area contributed by atoms with Gasteiger partial charge < -0.3 is 10.0 Å². The van der Waals surface area contributed by atoms with Crippen LogP contribution >= 0.6 is 11.6 Å². The van der Waals surface area contributed by atoms with E-state index in [1.807, 2.05) is 24.3 Å². The van der Waals surface area contributed by atoms with Gasteiger partial charge in [-0.1, -0.05) is 29.8 Å². The lowest BCUT2D eigenvalue weighted by molar-refractivity contribution is 0.114. The average Bonchev–Trinajstić information content (AvgIpc) is 2.32. The van der Waals surface area contributed by atoms with Gasteiger partial charge in [-0.05, 0) is 44.6 Å². The number of piperidine rings is 1. The zero-order valence-electron chi connectivity index (χ0n) is 9.62. The van der Waals surface area contributed by atoms with E-state index in [2.05, 4.69) is 11.9 Å². The van der Waals surface area contributed by atoms with Gasteiger partial charge in [0.1, 0.15) is 0 Å². The molecule has 0 unspecified atom stereocenters. The third kappa shape index (κ3) is 2.10. The van der Waals surface area contributed by atoms with Crippen LogP contribution in [0.25, 0.3) is 0 Å². The molecular weight excluding hydrogens is 222 g/mol. The van der Waals surface area contributed by atoms with Crippen LogP contribution in [0.2, 0.25) is 5.02 Å². The number of rotatable bonds is 2. The first-order chi connectivity index (χ1) is 7.68. The highest BCUT2D eigenvalue weighted by atomic mass is 35.5. The van der Waals surface area contributed by atoms with Crippen molar-refractivity contribution in [3.63, 3.8) is 0 Å². The van der Waals surface area contributed by atoms with Gasteiger partial charge in [0.05, 0.1) is 6.61 Å². The first-order valence-electron chi connectivity index (χ1n) is 5.72. The van der Waals surface area contributed by atoms with Gasteiger partial charge in [0.15, 0.2) is 0 Å². The standard InChI is InChI=1S/C13H18ClNO/c1-15-8-6-13(10-16,7-9-15)11-4-2-3-5-12(11)14/h2-5,16H,6-10H2,1H3. The SMILES string of the molecule is CN1CCC(CO)(c2ccccc2Cl)CC1. The Balaban J connectivity index is 2.32. The van der Waals surface area contributed by atoms with Gasteiger partial charge in [-0.15, -0.1) is 0 Å². The Kier molecular flexibility index (Phi) is 3.53. The molecule has 1 saturated heterocycles. The van der Waals surface area contributed by atoms with Crippen LogP contribution in [0.5, 0.6) is 0 Å². The molecule has 0 radical (unpaired) electrons. The van der Waals surface area contributed by atoms with Crippen LogP contribution in [-0.2, 0) is 5.41 Å². The molecule has 1 aromatic carbocycles. The van der Waals surface area contributed by atoms with Crippen molar-refractivity contribution >= 4 is 11.6 Å². The van der Waals surface area contributed by atoms with E-state index >= 15 is 0 Å². The largest absolute Gasteiger partial charge is 0.395 e. The van der Waals surface area contributed by atoms with E-state index in [-0.39, 0.29) is 12.0 Å². The summed E-state index contributed by atoms with van der Waals surface area (Å²) in [5, 5.41) is 10.5. The Morgan fingerprint density at radius 2 is 1.94 bits per heavy atom. The fourth-order valence-electron chi connectivity index (χ4n) is 2.45. The van der Waals surface area contributed by atoms with Crippen LogP contribution in [0, 0.1) is 0 Å². The molecule has 0 bridgehead atoms. The van der Waals surface area contributed by atoms with Gasteiger partial charge in [-0.3, -0.25) is 0 Å². The van der Waals surface area contributed by atoms with E-state index < -0.39 is 0 Å². The number of nitrogens with zero attached hydrogens (tertiary/aromatic N) is 1. The number of aliphatic hydroxyl groups excluding tert-OH is 1. The number of hydrogen-bond donors (Lipinski definition) is 1. The highest BCUT2D eigenvalue weighted by Crippen LogP contribution is 2.38. The summed E-state index contributed by atoms with van der Waals surface area (Å²) in [4.78, 5) is 2.30. The maximum atomic E-state index is 9.73. The monoisotopic (exact) mass is 239 g/mol. The Hall–Kier alpha value is -0.570. The normalized spacial score (nSPS) is 20.9. The van der Waals surface area contributed by atoms with E-state index in [1.165, 1.54) is 0 Å². The molecular formula is C13H18ClNO. The molecule has 1 N–H and O–H groups in total. The molecule has 0 spiro atoms. The molecule has 0 atom stereocenters. The van der Waals surface area contributed by atoms with Crippen molar-refractivity contribution in [2.45, 2.75) is 18.3 Å². The van der Waals surface area contributed by atoms with E-state index in [0.717, 1.165) is 36.5 Å². The van der Waals surface area contributed by atoms with Crippen molar-refractivity contribution in [2.24, 2.45) is 0 Å². The molecule has 1 fully saturated rings. The molecule has 1 aliphatic heterocycles.